The third kappa shape index (κ3) is 6.94. The normalized spacial score (nSPS) is 20.9. The predicted molar refractivity (Wildman–Crippen MR) is 113 cm³/mol. The van der Waals surface area contributed by atoms with Gasteiger partial charge in [0.15, 0.2) is 0 Å². The zero-order valence-electron chi connectivity index (χ0n) is 16.4. The number of hydrogen-bond acceptors (Lipinski definition) is 4. The van der Waals surface area contributed by atoms with E-state index in [1.54, 1.807) is 0 Å². The maximum atomic E-state index is 10.0. The van der Waals surface area contributed by atoms with Crippen LogP contribution >= 0.6 is 11.6 Å². The summed E-state index contributed by atoms with van der Waals surface area (Å²) in [7, 11) is 1.00. The van der Waals surface area contributed by atoms with Crippen LogP contribution < -0.4 is 0 Å². The molecule has 1 saturated heterocycles. The van der Waals surface area contributed by atoms with Crippen LogP contribution in [0.1, 0.15) is 41.2 Å². The van der Waals surface area contributed by atoms with Crippen molar-refractivity contribution in [1.82, 2.24) is 0 Å². The molecule has 1 fully saturated rings. The Hall–Kier alpha value is -1.87. The van der Waals surface area contributed by atoms with Crippen molar-refractivity contribution in [1.29, 1.82) is 0 Å². The Balaban J connectivity index is 0.000000921. The molecule has 5 heteroatoms. The fourth-order valence-electron chi connectivity index (χ4n) is 3.18. The second-order valence-corrected chi connectivity index (χ2v) is 6.97. The number of benzene rings is 2. The summed E-state index contributed by atoms with van der Waals surface area (Å²) in [4.78, 5) is 0. The van der Waals surface area contributed by atoms with E-state index in [4.69, 9.17) is 21.4 Å². The molecule has 152 valence electrons. The summed E-state index contributed by atoms with van der Waals surface area (Å²) in [6.45, 7) is 2.00. The van der Waals surface area contributed by atoms with Crippen LogP contribution in [0.15, 0.2) is 42.5 Å². The molecule has 3 rings (SSSR count). The Morgan fingerprint density at radius 1 is 1.07 bits per heavy atom. The van der Waals surface area contributed by atoms with E-state index in [0.29, 0.717) is 12.8 Å². The van der Waals surface area contributed by atoms with Gasteiger partial charge in [0, 0.05) is 25.0 Å². The molecule has 1 heterocycles. The van der Waals surface area contributed by atoms with Gasteiger partial charge in [-0.3, -0.25) is 0 Å². The first-order chi connectivity index (χ1) is 13.5. The average Bonchev–Trinajstić information content (AvgIpc) is 2.73. The molecular formula is C23H29ClO4. The Morgan fingerprint density at radius 3 is 2.32 bits per heavy atom. The van der Waals surface area contributed by atoms with E-state index in [2.05, 4.69) is 50.1 Å². The summed E-state index contributed by atoms with van der Waals surface area (Å²) >= 11 is 6.37. The van der Waals surface area contributed by atoms with Crippen molar-refractivity contribution < 1.29 is 20.1 Å². The molecule has 0 unspecified atom stereocenters. The van der Waals surface area contributed by atoms with Crippen LogP contribution in [0.3, 0.4) is 0 Å². The van der Waals surface area contributed by atoms with Crippen LogP contribution in [0.5, 0.6) is 0 Å². The van der Waals surface area contributed by atoms with E-state index < -0.39 is 6.10 Å². The lowest BCUT2D eigenvalue weighted by molar-refractivity contribution is -0.113. The molecule has 0 aliphatic carbocycles. The number of halogens is 1. The van der Waals surface area contributed by atoms with Gasteiger partial charge in [0.05, 0.1) is 24.9 Å². The van der Waals surface area contributed by atoms with Gasteiger partial charge in [-0.05, 0) is 36.1 Å². The summed E-state index contributed by atoms with van der Waals surface area (Å²) in [6, 6.07) is 14.3. The van der Waals surface area contributed by atoms with E-state index in [1.807, 2.05) is 12.1 Å². The van der Waals surface area contributed by atoms with Crippen molar-refractivity contribution in [3.8, 4) is 12.8 Å². The molecule has 28 heavy (non-hydrogen) atoms. The minimum atomic E-state index is -0.447. The molecule has 2 aromatic carbocycles. The van der Waals surface area contributed by atoms with Gasteiger partial charge in [-0.1, -0.05) is 53.6 Å². The monoisotopic (exact) mass is 404 g/mol. The molecule has 0 radical (unpaired) electrons. The van der Waals surface area contributed by atoms with Crippen molar-refractivity contribution in [3.63, 3.8) is 0 Å². The number of aliphatic hydroxyl groups is 3. The third-order valence-electron chi connectivity index (χ3n) is 4.54. The van der Waals surface area contributed by atoms with Crippen molar-refractivity contribution in [2.75, 3.05) is 13.7 Å². The van der Waals surface area contributed by atoms with Crippen LogP contribution in [0.2, 0.25) is 5.02 Å². The van der Waals surface area contributed by atoms with Crippen LogP contribution in [-0.2, 0) is 11.2 Å². The number of hydrogen-bond donors (Lipinski definition) is 3. The minimum absolute atomic E-state index is 0.0721. The SMILES string of the molecule is C#C.CO.Cc1ccc(Cc2cc([C@H]3C[C@@H](O)C[C@@H](CO)O3)ccc2Cl)cc1. The number of aliphatic hydroxyl groups excluding tert-OH is 3. The lowest BCUT2D eigenvalue weighted by atomic mass is 9.94. The maximum absolute atomic E-state index is 10.0. The fourth-order valence-corrected chi connectivity index (χ4v) is 3.36. The van der Waals surface area contributed by atoms with E-state index in [0.717, 1.165) is 29.7 Å². The van der Waals surface area contributed by atoms with E-state index in [9.17, 15) is 10.2 Å². The van der Waals surface area contributed by atoms with Crippen LogP contribution in [0.4, 0.5) is 0 Å². The zero-order chi connectivity index (χ0) is 21.1. The van der Waals surface area contributed by atoms with Gasteiger partial charge in [-0.15, -0.1) is 12.8 Å². The lowest BCUT2D eigenvalue weighted by Crippen LogP contribution is -2.33. The van der Waals surface area contributed by atoms with E-state index >= 15 is 0 Å². The number of rotatable bonds is 4. The molecule has 2 aromatic rings. The van der Waals surface area contributed by atoms with E-state index in [1.165, 1.54) is 11.1 Å². The van der Waals surface area contributed by atoms with Crippen molar-refractivity contribution in [3.05, 3.63) is 69.7 Å². The third-order valence-corrected chi connectivity index (χ3v) is 4.91. The largest absolute Gasteiger partial charge is 0.400 e. The van der Waals surface area contributed by atoms with Crippen LogP contribution in [-0.4, -0.2) is 41.2 Å². The molecule has 1 aliphatic heterocycles. The molecule has 0 saturated carbocycles. The molecular weight excluding hydrogens is 376 g/mol. The van der Waals surface area contributed by atoms with Crippen LogP contribution in [0.25, 0.3) is 0 Å². The number of ether oxygens (including phenoxy) is 1. The summed E-state index contributed by atoms with van der Waals surface area (Å²) in [5.41, 5.74) is 4.48. The lowest BCUT2D eigenvalue weighted by Gasteiger charge is -2.32. The molecule has 3 N–H and O–H groups in total. The second kappa shape index (κ2) is 12.6. The molecule has 1 aliphatic rings. The van der Waals surface area contributed by atoms with E-state index in [-0.39, 0.29) is 18.8 Å². The molecule has 4 nitrogen and oxygen atoms in total. The fraction of sp³-hybridized carbons (Fsp3) is 0.391. The highest BCUT2D eigenvalue weighted by atomic mass is 35.5. The van der Waals surface area contributed by atoms with Gasteiger partial charge in [0.1, 0.15) is 0 Å². The van der Waals surface area contributed by atoms with Crippen molar-refractivity contribution in [2.24, 2.45) is 0 Å². The van der Waals surface area contributed by atoms with Crippen molar-refractivity contribution >= 4 is 11.6 Å². The highest BCUT2D eigenvalue weighted by Gasteiger charge is 2.29. The van der Waals surface area contributed by atoms with Gasteiger partial charge in [-0.2, -0.15) is 0 Å². The standard InChI is InChI=1S/C20H23ClO3.C2H2.CH4O/c1-13-2-4-14(5-3-13)8-16-9-15(6-7-19(16)21)20-11-17(23)10-18(12-22)24-20;2*1-2/h2-7,9,17-18,20,22-23H,8,10-12H2,1H3;1-2H;2H,1H3/t17-,18-,20+;;/m0../s1. The van der Waals surface area contributed by atoms with Gasteiger partial charge >= 0.3 is 0 Å². The Bertz CT molecular complexity index is 727. The summed E-state index contributed by atoms with van der Waals surface area (Å²) in [5.74, 6) is 0. The average molecular weight is 405 g/mol. The summed E-state index contributed by atoms with van der Waals surface area (Å²) in [6.07, 6.45) is 8.82. The topological polar surface area (TPSA) is 69.9 Å². The summed E-state index contributed by atoms with van der Waals surface area (Å²) < 4.78 is 5.90. The molecule has 0 amide bonds. The quantitative estimate of drug-likeness (QED) is 0.680. The Morgan fingerprint density at radius 2 is 1.71 bits per heavy atom. The predicted octanol–water partition coefficient (Wildman–Crippen LogP) is 3.67. The summed E-state index contributed by atoms with van der Waals surface area (Å²) in [5, 5.41) is 27.1. The first-order valence-electron chi connectivity index (χ1n) is 9.11. The zero-order valence-corrected chi connectivity index (χ0v) is 17.1. The Kier molecular flexibility index (Phi) is 10.8. The smallest absolute Gasteiger partial charge is 0.0854 e. The van der Waals surface area contributed by atoms with Gasteiger partial charge < -0.3 is 20.1 Å². The second-order valence-electron chi connectivity index (χ2n) is 6.57. The first-order valence-corrected chi connectivity index (χ1v) is 9.49. The number of aryl methyl sites for hydroxylation is 1. The van der Waals surface area contributed by atoms with Crippen molar-refractivity contribution in [2.45, 2.75) is 44.5 Å². The van der Waals surface area contributed by atoms with Gasteiger partial charge in [0.25, 0.3) is 0 Å². The maximum Gasteiger partial charge on any atom is 0.0854 e. The highest BCUT2D eigenvalue weighted by molar-refractivity contribution is 6.31. The molecule has 0 spiro atoms. The Labute approximate surface area is 172 Å². The first kappa shape index (κ1) is 24.2. The van der Waals surface area contributed by atoms with Crippen LogP contribution in [0, 0.1) is 19.8 Å². The van der Waals surface area contributed by atoms with Gasteiger partial charge in [-0.25, -0.2) is 0 Å². The van der Waals surface area contributed by atoms with Gasteiger partial charge in [0.2, 0.25) is 0 Å². The molecule has 0 bridgehead atoms. The molecule has 3 atom stereocenters. The molecule has 0 aromatic heterocycles. The number of terminal acetylenes is 1. The highest BCUT2D eigenvalue weighted by Crippen LogP contribution is 2.33. The minimum Gasteiger partial charge on any atom is -0.400 e.